The fourth-order valence-electron chi connectivity index (χ4n) is 4.98. The zero-order chi connectivity index (χ0) is 24.9. The predicted molar refractivity (Wildman–Crippen MR) is 129 cm³/mol. The molecule has 6 nitrogen and oxygen atoms in total. The summed E-state index contributed by atoms with van der Waals surface area (Å²) in [6.07, 6.45) is 3.39. The van der Waals surface area contributed by atoms with E-state index in [9.17, 15) is 18.8 Å². The number of fused-ring (bicyclic) bond motifs is 1. The number of benzene rings is 2. The number of hydrogen-bond acceptors (Lipinski definition) is 4. The molecule has 2 aromatic rings. The Bertz CT molecular complexity index is 1090. The van der Waals surface area contributed by atoms with Crippen LogP contribution in [0.15, 0.2) is 36.4 Å². The highest BCUT2D eigenvalue weighted by Crippen LogP contribution is 2.30. The average molecular weight is 502 g/mol. The molecule has 1 heterocycles. The quantitative estimate of drug-likeness (QED) is 0.552. The van der Waals surface area contributed by atoms with Crippen molar-refractivity contribution in [2.75, 3.05) is 6.54 Å². The fraction of sp³-hybridized carbons (Fsp3) is 0.444. The summed E-state index contributed by atoms with van der Waals surface area (Å²) in [7, 11) is 0. The summed E-state index contributed by atoms with van der Waals surface area (Å²) < 4.78 is 19.7. The molecule has 1 fully saturated rings. The number of carbonyl (C=O) groups is 3. The highest BCUT2D eigenvalue weighted by Gasteiger charge is 2.28. The van der Waals surface area contributed by atoms with Crippen LogP contribution in [-0.2, 0) is 40.1 Å². The Hall–Kier alpha value is -2.93. The van der Waals surface area contributed by atoms with E-state index in [1.165, 1.54) is 12.1 Å². The van der Waals surface area contributed by atoms with Crippen LogP contribution in [0.4, 0.5) is 9.18 Å². The summed E-state index contributed by atoms with van der Waals surface area (Å²) >= 11 is 6.04. The molecule has 4 rings (SSSR count). The van der Waals surface area contributed by atoms with E-state index in [0.29, 0.717) is 32.4 Å². The molecule has 2 aromatic carbocycles. The number of rotatable bonds is 7. The van der Waals surface area contributed by atoms with Crippen molar-refractivity contribution >= 4 is 29.4 Å². The lowest BCUT2D eigenvalue weighted by molar-refractivity contribution is -0.138. The Labute approximate surface area is 209 Å². The second-order valence-corrected chi connectivity index (χ2v) is 9.90. The Morgan fingerprint density at radius 3 is 2.54 bits per heavy atom. The maximum absolute atomic E-state index is 14.0. The van der Waals surface area contributed by atoms with Crippen LogP contribution in [0.5, 0.6) is 0 Å². The molecule has 1 aliphatic carbocycles. The van der Waals surface area contributed by atoms with Gasteiger partial charge in [-0.15, -0.1) is 0 Å². The number of ether oxygens (including phenoxy) is 1. The van der Waals surface area contributed by atoms with Gasteiger partial charge in [0.25, 0.3) is 0 Å². The van der Waals surface area contributed by atoms with Gasteiger partial charge in [0.05, 0.1) is 0 Å². The van der Waals surface area contributed by atoms with Crippen molar-refractivity contribution in [1.29, 1.82) is 0 Å². The van der Waals surface area contributed by atoms with Gasteiger partial charge < -0.3 is 14.7 Å². The Balaban J connectivity index is 1.29. The third-order valence-electron chi connectivity index (χ3n) is 6.90. The van der Waals surface area contributed by atoms with Gasteiger partial charge in [0.15, 0.2) is 0 Å². The lowest BCUT2D eigenvalue weighted by Crippen LogP contribution is -2.39. The molecule has 0 aromatic heterocycles. The fourth-order valence-corrected chi connectivity index (χ4v) is 5.21. The molecule has 0 radical (unpaired) electrons. The molecule has 0 unspecified atom stereocenters. The number of Topliss-reactive ketones (excluding diaryl/α,β-unsaturated/α-hetero) is 1. The number of ketones is 1. The minimum absolute atomic E-state index is 0.0551. The van der Waals surface area contributed by atoms with Gasteiger partial charge in [0.1, 0.15) is 17.7 Å². The highest BCUT2D eigenvalue weighted by atomic mass is 35.5. The van der Waals surface area contributed by atoms with E-state index in [1.807, 2.05) is 18.2 Å². The average Bonchev–Trinajstić information content (AvgIpc) is 2.82. The second-order valence-electron chi connectivity index (χ2n) is 9.49. The molecule has 0 spiro atoms. The van der Waals surface area contributed by atoms with Gasteiger partial charge in [-0.05, 0) is 66.8 Å². The number of hydrogen-bond donors (Lipinski definition) is 1. The van der Waals surface area contributed by atoms with E-state index in [2.05, 4.69) is 0 Å². The summed E-state index contributed by atoms with van der Waals surface area (Å²) in [5, 5.41) is 9.19. The van der Waals surface area contributed by atoms with Crippen LogP contribution < -0.4 is 0 Å². The zero-order valence-corrected chi connectivity index (χ0v) is 20.2. The van der Waals surface area contributed by atoms with E-state index >= 15 is 0 Å². The summed E-state index contributed by atoms with van der Waals surface area (Å²) in [5.41, 5.74) is 3.20. The van der Waals surface area contributed by atoms with Crippen LogP contribution >= 0.6 is 11.6 Å². The molecule has 1 aliphatic heterocycles. The molecule has 8 heteroatoms. The normalized spacial score (nSPS) is 19.7. The molecule has 1 amide bonds. The van der Waals surface area contributed by atoms with Crippen molar-refractivity contribution in [3.8, 4) is 0 Å². The Kier molecular flexibility index (Phi) is 8.06. The molecule has 1 N–H and O–H groups in total. The van der Waals surface area contributed by atoms with Crippen LogP contribution in [0.3, 0.4) is 0 Å². The number of nitrogens with zero attached hydrogens (tertiary/aromatic N) is 1. The van der Waals surface area contributed by atoms with Crippen molar-refractivity contribution in [2.24, 2.45) is 5.92 Å². The van der Waals surface area contributed by atoms with Gasteiger partial charge in [-0.3, -0.25) is 9.59 Å². The maximum Gasteiger partial charge on any atom is 0.410 e. The molecule has 0 saturated heterocycles. The van der Waals surface area contributed by atoms with Gasteiger partial charge in [0.2, 0.25) is 0 Å². The van der Waals surface area contributed by atoms with Crippen LogP contribution in [-0.4, -0.2) is 40.5 Å². The second kappa shape index (κ2) is 11.2. The van der Waals surface area contributed by atoms with E-state index in [0.717, 1.165) is 29.5 Å². The van der Waals surface area contributed by atoms with Crippen molar-refractivity contribution in [1.82, 2.24) is 4.90 Å². The zero-order valence-electron chi connectivity index (χ0n) is 19.5. The van der Waals surface area contributed by atoms with Crippen LogP contribution in [0, 0.1) is 11.7 Å². The number of carboxylic acids is 1. The molecule has 0 bridgehead atoms. The van der Waals surface area contributed by atoms with E-state index in [4.69, 9.17) is 21.4 Å². The summed E-state index contributed by atoms with van der Waals surface area (Å²) in [4.78, 5) is 37.8. The standard InChI is InChI=1S/C27H29ClFNO5/c28-24-2-1-3-25(29)23(24)15-21(31)13-18-4-7-20-16-30(11-10-19(20)12-18)27(34)35-22-8-5-17(6-9-22)14-26(32)33/h1-4,7,12,17,22H,5-6,8-11,13-16H2,(H,32,33). The number of aliphatic carboxylic acids is 1. The first-order valence-electron chi connectivity index (χ1n) is 12.0. The number of amides is 1. The van der Waals surface area contributed by atoms with Crippen LogP contribution in [0.2, 0.25) is 5.02 Å². The lowest BCUT2D eigenvalue weighted by Gasteiger charge is -2.32. The maximum atomic E-state index is 14.0. The molecule has 186 valence electrons. The van der Waals surface area contributed by atoms with E-state index < -0.39 is 11.8 Å². The van der Waals surface area contributed by atoms with Crippen molar-refractivity contribution in [3.05, 3.63) is 69.5 Å². The summed E-state index contributed by atoms with van der Waals surface area (Å²) in [6, 6.07) is 10.2. The Morgan fingerprint density at radius 1 is 1.06 bits per heavy atom. The molecule has 0 atom stereocenters. The minimum Gasteiger partial charge on any atom is -0.481 e. The predicted octanol–water partition coefficient (Wildman–Crippen LogP) is 5.36. The van der Waals surface area contributed by atoms with Gasteiger partial charge >= 0.3 is 12.1 Å². The third kappa shape index (κ3) is 6.60. The van der Waals surface area contributed by atoms with E-state index in [-0.39, 0.29) is 53.7 Å². The first-order chi connectivity index (χ1) is 16.8. The monoisotopic (exact) mass is 501 g/mol. The topological polar surface area (TPSA) is 83.9 Å². The smallest absolute Gasteiger partial charge is 0.410 e. The molecular formula is C27H29ClFNO5. The van der Waals surface area contributed by atoms with Crippen molar-refractivity contribution in [2.45, 2.75) is 64.0 Å². The Morgan fingerprint density at radius 2 is 1.83 bits per heavy atom. The van der Waals surface area contributed by atoms with Crippen LogP contribution in [0.25, 0.3) is 0 Å². The molecule has 35 heavy (non-hydrogen) atoms. The van der Waals surface area contributed by atoms with Crippen LogP contribution in [0.1, 0.15) is 54.4 Å². The molecule has 1 saturated carbocycles. The first-order valence-corrected chi connectivity index (χ1v) is 12.4. The van der Waals surface area contributed by atoms with Crippen molar-refractivity contribution in [3.63, 3.8) is 0 Å². The van der Waals surface area contributed by atoms with E-state index in [1.54, 1.807) is 11.0 Å². The summed E-state index contributed by atoms with van der Waals surface area (Å²) in [5.74, 6) is -1.21. The summed E-state index contributed by atoms with van der Waals surface area (Å²) in [6.45, 7) is 0.976. The van der Waals surface area contributed by atoms with Gasteiger partial charge in [0, 0.05) is 42.9 Å². The van der Waals surface area contributed by atoms with Gasteiger partial charge in [-0.25, -0.2) is 9.18 Å². The van der Waals surface area contributed by atoms with Crippen molar-refractivity contribution < 1.29 is 28.6 Å². The first kappa shape index (κ1) is 25.2. The molecular weight excluding hydrogens is 473 g/mol. The SMILES string of the molecule is O=C(O)CC1CCC(OC(=O)N2CCc3cc(CC(=O)Cc4c(F)cccc4Cl)ccc3C2)CC1. The highest BCUT2D eigenvalue weighted by molar-refractivity contribution is 6.31. The molecule has 2 aliphatic rings. The largest absolute Gasteiger partial charge is 0.481 e. The number of carboxylic acid groups (broad SMARTS) is 1. The number of carbonyl (C=O) groups excluding carboxylic acids is 2. The third-order valence-corrected chi connectivity index (χ3v) is 7.26. The minimum atomic E-state index is -0.778. The van der Waals surface area contributed by atoms with Gasteiger partial charge in [-0.2, -0.15) is 0 Å². The lowest BCUT2D eigenvalue weighted by atomic mass is 9.85. The van der Waals surface area contributed by atoms with Gasteiger partial charge in [-0.1, -0.05) is 35.9 Å². The number of halogens is 2.